The van der Waals surface area contributed by atoms with Crippen LogP contribution < -0.4 is 5.73 Å². The molecule has 0 unspecified atom stereocenters. The second kappa shape index (κ2) is 5.60. The lowest BCUT2D eigenvalue weighted by atomic mass is 10.2. The molecule has 4 nitrogen and oxygen atoms in total. The van der Waals surface area contributed by atoms with Crippen molar-refractivity contribution in [1.82, 2.24) is 4.31 Å². The van der Waals surface area contributed by atoms with Gasteiger partial charge in [-0.1, -0.05) is 18.2 Å². The van der Waals surface area contributed by atoms with Crippen molar-refractivity contribution in [2.45, 2.75) is 11.4 Å². The molecule has 2 N–H and O–H groups in total. The maximum absolute atomic E-state index is 13.1. The first-order valence-corrected chi connectivity index (χ1v) is 7.40. The molecule has 0 saturated carbocycles. The maximum Gasteiger partial charge on any atom is 0.243 e. The van der Waals surface area contributed by atoms with Gasteiger partial charge in [0.2, 0.25) is 10.0 Å². The summed E-state index contributed by atoms with van der Waals surface area (Å²) in [6.07, 6.45) is 0. The molecule has 0 aromatic heterocycles. The summed E-state index contributed by atoms with van der Waals surface area (Å²) < 4.78 is 38.9. The van der Waals surface area contributed by atoms with E-state index in [2.05, 4.69) is 0 Å². The Balaban J connectivity index is 2.26. The Morgan fingerprint density at radius 3 is 2.50 bits per heavy atom. The summed E-state index contributed by atoms with van der Waals surface area (Å²) in [5, 5.41) is 0. The van der Waals surface area contributed by atoms with Gasteiger partial charge in [-0.2, -0.15) is 4.31 Å². The Labute approximate surface area is 117 Å². The number of benzene rings is 2. The van der Waals surface area contributed by atoms with E-state index in [4.69, 9.17) is 5.73 Å². The van der Waals surface area contributed by atoms with E-state index >= 15 is 0 Å². The molecule has 0 bridgehead atoms. The number of anilines is 1. The van der Waals surface area contributed by atoms with Crippen molar-refractivity contribution in [3.8, 4) is 0 Å². The molecule has 0 saturated heterocycles. The molecule has 0 amide bonds. The third kappa shape index (κ3) is 3.15. The van der Waals surface area contributed by atoms with Gasteiger partial charge in [-0.3, -0.25) is 0 Å². The van der Waals surface area contributed by atoms with Crippen LogP contribution in [0, 0.1) is 5.82 Å². The van der Waals surface area contributed by atoms with Crippen molar-refractivity contribution in [2.75, 3.05) is 12.8 Å². The third-order valence-electron chi connectivity index (χ3n) is 2.86. The molecule has 2 aromatic rings. The van der Waals surface area contributed by atoms with Crippen LogP contribution in [0.15, 0.2) is 53.4 Å². The van der Waals surface area contributed by atoms with Crippen molar-refractivity contribution in [3.05, 3.63) is 59.9 Å². The molecule has 0 aliphatic carbocycles. The first-order chi connectivity index (χ1) is 9.39. The van der Waals surface area contributed by atoms with Crippen LogP contribution in [0.1, 0.15) is 5.56 Å². The summed E-state index contributed by atoms with van der Waals surface area (Å²) in [5.74, 6) is -0.580. The lowest BCUT2D eigenvalue weighted by Gasteiger charge is -2.17. The summed E-state index contributed by atoms with van der Waals surface area (Å²) in [4.78, 5) is -0.0658. The predicted octanol–water partition coefficient (Wildman–Crippen LogP) is 2.23. The van der Waals surface area contributed by atoms with Crippen molar-refractivity contribution in [2.24, 2.45) is 0 Å². The van der Waals surface area contributed by atoms with E-state index in [-0.39, 0.29) is 11.4 Å². The molecule has 0 radical (unpaired) electrons. The number of hydrogen-bond donors (Lipinski definition) is 1. The van der Waals surface area contributed by atoms with Gasteiger partial charge in [0.15, 0.2) is 0 Å². The SMILES string of the molecule is CN(Cc1cccc(N)c1)S(=O)(=O)c1cccc(F)c1. The van der Waals surface area contributed by atoms with E-state index in [1.165, 1.54) is 25.2 Å². The van der Waals surface area contributed by atoms with Crippen LogP contribution in [0.4, 0.5) is 10.1 Å². The lowest BCUT2D eigenvalue weighted by Crippen LogP contribution is -2.26. The van der Waals surface area contributed by atoms with Gasteiger partial charge < -0.3 is 5.73 Å². The van der Waals surface area contributed by atoms with Crippen molar-refractivity contribution >= 4 is 15.7 Å². The quantitative estimate of drug-likeness (QED) is 0.880. The van der Waals surface area contributed by atoms with Gasteiger partial charge in [-0.15, -0.1) is 0 Å². The molecule has 0 spiro atoms. The Hall–Kier alpha value is -1.92. The Morgan fingerprint density at radius 2 is 1.85 bits per heavy atom. The molecule has 0 heterocycles. The fourth-order valence-electron chi connectivity index (χ4n) is 1.84. The van der Waals surface area contributed by atoms with Crippen LogP contribution in [-0.4, -0.2) is 19.8 Å². The third-order valence-corrected chi connectivity index (χ3v) is 4.66. The monoisotopic (exact) mass is 294 g/mol. The average Bonchev–Trinajstić information content (AvgIpc) is 2.38. The van der Waals surface area contributed by atoms with Gasteiger partial charge in [0, 0.05) is 19.3 Å². The second-order valence-electron chi connectivity index (χ2n) is 4.46. The number of nitrogens with two attached hydrogens (primary N) is 1. The average molecular weight is 294 g/mol. The highest BCUT2D eigenvalue weighted by Gasteiger charge is 2.21. The van der Waals surface area contributed by atoms with Crippen LogP contribution in [-0.2, 0) is 16.6 Å². The minimum atomic E-state index is -3.72. The Kier molecular flexibility index (Phi) is 4.06. The van der Waals surface area contributed by atoms with E-state index in [0.29, 0.717) is 5.69 Å². The molecule has 20 heavy (non-hydrogen) atoms. The molecule has 2 rings (SSSR count). The standard InChI is InChI=1S/C14H15FN2O2S/c1-17(10-11-4-2-6-13(16)8-11)20(18,19)14-7-3-5-12(15)9-14/h2-9H,10,16H2,1H3. The van der Waals surface area contributed by atoms with Gasteiger partial charge in [-0.05, 0) is 35.9 Å². The van der Waals surface area contributed by atoms with Gasteiger partial charge in [0.05, 0.1) is 4.90 Å². The van der Waals surface area contributed by atoms with Crippen molar-refractivity contribution < 1.29 is 12.8 Å². The van der Waals surface area contributed by atoms with Gasteiger partial charge in [-0.25, -0.2) is 12.8 Å². The highest BCUT2D eigenvalue weighted by Crippen LogP contribution is 2.18. The van der Waals surface area contributed by atoms with E-state index < -0.39 is 15.8 Å². The first kappa shape index (κ1) is 14.5. The van der Waals surface area contributed by atoms with Gasteiger partial charge in [0.1, 0.15) is 5.82 Å². The smallest absolute Gasteiger partial charge is 0.243 e. The van der Waals surface area contributed by atoms with Crippen molar-refractivity contribution in [3.63, 3.8) is 0 Å². The summed E-state index contributed by atoms with van der Waals surface area (Å²) in [7, 11) is -2.27. The van der Waals surface area contributed by atoms with Crippen LogP contribution in [0.2, 0.25) is 0 Å². The van der Waals surface area contributed by atoms with E-state index in [1.54, 1.807) is 24.3 Å². The topological polar surface area (TPSA) is 63.4 Å². The molecular weight excluding hydrogens is 279 g/mol. The van der Waals surface area contributed by atoms with E-state index in [0.717, 1.165) is 15.9 Å². The number of sulfonamides is 1. The summed E-state index contributed by atoms with van der Waals surface area (Å²) in [6.45, 7) is 0.171. The molecule has 0 aliphatic rings. The normalized spacial score (nSPS) is 11.8. The molecule has 6 heteroatoms. The first-order valence-electron chi connectivity index (χ1n) is 5.96. The number of nitrogens with zero attached hydrogens (tertiary/aromatic N) is 1. The number of hydrogen-bond acceptors (Lipinski definition) is 3. The summed E-state index contributed by atoms with van der Waals surface area (Å²) in [6, 6.07) is 11.9. The van der Waals surface area contributed by atoms with Crippen LogP contribution >= 0.6 is 0 Å². The fourth-order valence-corrected chi connectivity index (χ4v) is 3.03. The fraction of sp³-hybridized carbons (Fsp3) is 0.143. The summed E-state index contributed by atoms with van der Waals surface area (Å²) in [5.41, 5.74) is 7.00. The highest BCUT2D eigenvalue weighted by molar-refractivity contribution is 7.89. The van der Waals surface area contributed by atoms with Crippen molar-refractivity contribution in [1.29, 1.82) is 0 Å². The van der Waals surface area contributed by atoms with Gasteiger partial charge >= 0.3 is 0 Å². The van der Waals surface area contributed by atoms with E-state index in [9.17, 15) is 12.8 Å². The molecule has 2 aromatic carbocycles. The minimum absolute atomic E-state index is 0.0658. The van der Waals surface area contributed by atoms with Crippen LogP contribution in [0.3, 0.4) is 0 Å². The molecule has 0 fully saturated rings. The lowest BCUT2D eigenvalue weighted by molar-refractivity contribution is 0.466. The Morgan fingerprint density at radius 1 is 1.15 bits per heavy atom. The molecule has 0 aliphatic heterocycles. The van der Waals surface area contributed by atoms with Gasteiger partial charge in [0.25, 0.3) is 0 Å². The second-order valence-corrected chi connectivity index (χ2v) is 6.51. The number of nitrogen functional groups attached to an aromatic ring is 1. The Bertz CT molecular complexity index is 717. The molecule has 0 atom stereocenters. The zero-order valence-electron chi connectivity index (χ0n) is 11.0. The highest BCUT2D eigenvalue weighted by atomic mass is 32.2. The summed E-state index contributed by atoms with van der Waals surface area (Å²) >= 11 is 0. The number of rotatable bonds is 4. The van der Waals surface area contributed by atoms with Crippen LogP contribution in [0.25, 0.3) is 0 Å². The van der Waals surface area contributed by atoms with E-state index in [1.807, 2.05) is 0 Å². The number of halogens is 1. The predicted molar refractivity (Wildman–Crippen MR) is 75.9 cm³/mol. The zero-order valence-corrected chi connectivity index (χ0v) is 11.8. The zero-order chi connectivity index (χ0) is 14.8. The van der Waals surface area contributed by atoms with Crippen LogP contribution in [0.5, 0.6) is 0 Å². The largest absolute Gasteiger partial charge is 0.399 e. The molecular formula is C14H15FN2O2S. The molecule has 106 valence electrons. The maximum atomic E-state index is 13.1. The minimum Gasteiger partial charge on any atom is -0.399 e.